The lowest BCUT2D eigenvalue weighted by Gasteiger charge is -2.24. The third-order valence-corrected chi connectivity index (χ3v) is 6.78. The lowest BCUT2D eigenvalue weighted by atomic mass is 9.99. The summed E-state index contributed by atoms with van der Waals surface area (Å²) in [5.41, 5.74) is 5.85. The summed E-state index contributed by atoms with van der Waals surface area (Å²) in [5.74, 6) is 1.66. The zero-order valence-corrected chi connectivity index (χ0v) is 20.2. The van der Waals surface area contributed by atoms with Crippen LogP contribution in [-0.4, -0.2) is 31.7 Å². The lowest BCUT2D eigenvalue weighted by molar-refractivity contribution is -0.113. The number of para-hydroxylation sites is 1. The van der Waals surface area contributed by atoms with Crippen LogP contribution in [0.25, 0.3) is 11.4 Å². The Morgan fingerprint density at radius 2 is 1.83 bits per heavy atom. The number of benzene rings is 2. The summed E-state index contributed by atoms with van der Waals surface area (Å²) in [6, 6.07) is 17.3. The summed E-state index contributed by atoms with van der Waals surface area (Å²) in [4.78, 5) is 26.6. The van der Waals surface area contributed by atoms with E-state index in [0.717, 1.165) is 33.6 Å². The highest BCUT2D eigenvalue weighted by atomic mass is 32.2. The minimum Gasteiger partial charge on any atom is -0.436 e. The Morgan fingerprint density at radius 3 is 2.57 bits per heavy atom. The molecule has 2 aromatic heterocycles. The van der Waals surface area contributed by atoms with Gasteiger partial charge in [-0.05, 0) is 26.0 Å². The average molecular weight is 485 g/mol. The smallest absolute Gasteiger partial charge is 0.234 e. The van der Waals surface area contributed by atoms with Gasteiger partial charge in [-0.1, -0.05) is 59.8 Å². The van der Waals surface area contributed by atoms with Gasteiger partial charge in [0.15, 0.2) is 11.6 Å². The molecule has 0 atom stereocenters. The maximum atomic E-state index is 12.6. The van der Waals surface area contributed by atoms with Crippen LogP contribution in [0.2, 0.25) is 0 Å². The number of aliphatic hydroxyl groups excluding tert-OH is 1. The highest BCUT2D eigenvalue weighted by Crippen LogP contribution is 2.42. The van der Waals surface area contributed by atoms with E-state index >= 15 is 0 Å². The van der Waals surface area contributed by atoms with Crippen molar-refractivity contribution in [1.29, 1.82) is 0 Å². The van der Waals surface area contributed by atoms with E-state index in [1.807, 2.05) is 68.4 Å². The number of fused-ring (bicyclic) bond motifs is 2. The van der Waals surface area contributed by atoms with Crippen LogP contribution < -0.4 is 10.1 Å². The summed E-state index contributed by atoms with van der Waals surface area (Å²) in [7, 11) is 0. The molecule has 8 heteroatoms. The molecule has 2 aromatic carbocycles. The summed E-state index contributed by atoms with van der Waals surface area (Å²) in [6.07, 6.45) is 2.16. The molecule has 5 rings (SSSR count). The molecule has 176 valence electrons. The standard InChI is InChI=1S/C27H24N4O3S/c1-16-8-10-18(11-9-16)25-30-26-22(12-21-19(14-32)13-28-17(2)24(21)34-26)27(31-25)35-15-23(33)29-20-6-4-3-5-7-20/h3-11,13,32H,12,14-15H2,1-2H3,(H,29,33). The molecular weight excluding hydrogens is 460 g/mol. The first-order chi connectivity index (χ1) is 17.0. The number of hydrogen-bond donors (Lipinski definition) is 2. The molecule has 0 bridgehead atoms. The first kappa shape index (κ1) is 23.0. The zero-order valence-electron chi connectivity index (χ0n) is 19.4. The maximum Gasteiger partial charge on any atom is 0.234 e. The van der Waals surface area contributed by atoms with Crippen molar-refractivity contribution in [2.45, 2.75) is 31.9 Å². The number of ether oxygens (including phenoxy) is 1. The van der Waals surface area contributed by atoms with Crippen molar-refractivity contribution in [3.8, 4) is 23.0 Å². The van der Waals surface area contributed by atoms with E-state index in [0.29, 0.717) is 34.5 Å². The lowest BCUT2D eigenvalue weighted by Crippen LogP contribution is -2.16. The van der Waals surface area contributed by atoms with Crippen molar-refractivity contribution < 1.29 is 14.6 Å². The van der Waals surface area contributed by atoms with E-state index in [1.165, 1.54) is 11.8 Å². The number of amides is 1. The van der Waals surface area contributed by atoms with Gasteiger partial charge in [-0.3, -0.25) is 9.78 Å². The monoisotopic (exact) mass is 484 g/mol. The number of hydrogen-bond acceptors (Lipinski definition) is 7. The molecule has 0 radical (unpaired) electrons. The first-order valence-electron chi connectivity index (χ1n) is 11.2. The quantitative estimate of drug-likeness (QED) is 0.256. The maximum absolute atomic E-state index is 12.6. The fraction of sp³-hybridized carbons (Fsp3) is 0.185. The SMILES string of the molecule is Cc1ccc(-c2nc3c(c(SCC(=O)Nc4ccccc4)n2)Cc2c(CO)cnc(C)c2O3)cc1. The van der Waals surface area contributed by atoms with Gasteiger partial charge in [0.2, 0.25) is 11.8 Å². The molecular formula is C27H24N4O3S. The van der Waals surface area contributed by atoms with Gasteiger partial charge < -0.3 is 15.2 Å². The van der Waals surface area contributed by atoms with Gasteiger partial charge in [0, 0.05) is 35.0 Å². The Balaban J connectivity index is 1.50. The van der Waals surface area contributed by atoms with Gasteiger partial charge in [-0.15, -0.1) is 0 Å². The number of aromatic nitrogens is 3. The molecule has 7 nitrogen and oxygen atoms in total. The van der Waals surface area contributed by atoms with Crippen LogP contribution in [0.4, 0.5) is 5.69 Å². The fourth-order valence-electron chi connectivity index (χ4n) is 3.90. The molecule has 0 spiro atoms. The van der Waals surface area contributed by atoms with Crippen molar-refractivity contribution in [3.63, 3.8) is 0 Å². The number of carbonyl (C=O) groups is 1. The molecule has 4 aromatic rings. The van der Waals surface area contributed by atoms with Gasteiger partial charge in [0.25, 0.3) is 0 Å². The molecule has 0 fully saturated rings. The van der Waals surface area contributed by atoms with Crippen LogP contribution >= 0.6 is 11.8 Å². The molecule has 0 saturated carbocycles. The molecule has 2 N–H and O–H groups in total. The van der Waals surface area contributed by atoms with Gasteiger partial charge in [-0.25, -0.2) is 4.98 Å². The van der Waals surface area contributed by atoms with Crippen molar-refractivity contribution in [1.82, 2.24) is 15.0 Å². The van der Waals surface area contributed by atoms with E-state index in [4.69, 9.17) is 14.7 Å². The van der Waals surface area contributed by atoms with Crippen molar-refractivity contribution in [2.75, 3.05) is 11.1 Å². The van der Waals surface area contributed by atoms with Gasteiger partial charge in [-0.2, -0.15) is 4.98 Å². The minimum atomic E-state index is -0.140. The number of anilines is 1. The molecule has 0 unspecified atom stereocenters. The first-order valence-corrected chi connectivity index (χ1v) is 12.2. The number of nitrogens with zero attached hydrogens (tertiary/aromatic N) is 3. The van der Waals surface area contributed by atoms with Crippen LogP contribution in [0.3, 0.4) is 0 Å². The summed E-state index contributed by atoms with van der Waals surface area (Å²) < 4.78 is 6.24. The molecule has 0 saturated heterocycles. The summed E-state index contributed by atoms with van der Waals surface area (Å²) in [5, 5.41) is 13.4. The minimum absolute atomic E-state index is 0.126. The molecule has 35 heavy (non-hydrogen) atoms. The number of aliphatic hydroxyl groups is 1. The molecule has 1 aliphatic rings. The number of pyridine rings is 1. The molecule has 3 heterocycles. The van der Waals surface area contributed by atoms with Crippen LogP contribution in [0, 0.1) is 13.8 Å². The highest BCUT2D eigenvalue weighted by molar-refractivity contribution is 8.00. The number of rotatable bonds is 6. The normalized spacial score (nSPS) is 11.9. The van der Waals surface area contributed by atoms with Crippen LogP contribution in [-0.2, 0) is 17.8 Å². The number of nitrogens with one attached hydrogen (secondary N) is 1. The number of thioether (sulfide) groups is 1. The van der Waals surface area contributed by atoms with E-state index in [9.17, 15) is 9.90 Å². The Morgan fingerprint density at radius 1 is 1.06 bits per heavy atom. The second-order valence-corrected chi connectivity index (χ2v) is 9.28. The summed E-state index contributed by atoms with van der Waals surface area (Å²) in [6.45, 7) is 3.76. The van der Waals surface area contributed by atoms with Crippen LogP contribution in [0.15, 0.2) is 65.8 Å². The largest absolute Gasteiger partial charge is 0.436 e. The van der Waals surface area contributed by atoms with Crippen molar-refractivity contribution in [3.05, 3.63) is 88.7 Å². The Labute approximate surface area is 207 Å². The topological polar surface area (TPSA) is 97.2 Å². The van der Waals surface area contributed by atoms with Crippen molar-refractivity contribution in [2.24, 2.45) is 0 Å². The number of carbonyl (C=O) groups excluding carboxylic acids is 1. The fourth-order valence-corrected chi connectivity index (χ4v) is 4.72. The van der Waals surface area contributed by atoms with Crippen LogP contribution in [0.5, 0.6) is 11.6 Å². The molecule has 0 aliphatic carbocycles. The van der Waals surface area contributed by atoms with Gasteiger partial charge >= 0.3 is 0 Å². The van der Waals surface area contributed by atoms with Gasteiger partial charge in [0.1, 0.15) is 5.03 Å². The Bertz CT molecular complexity index is 1390. The predicted octanol–water partition coefficient (Wildman–Crippen LogP) is 5.08. The molecule has 1 aliphatic heterocycles. The second kappa shape index (κ2) is 9.85. The summed E-state index contributed by atoms with van der Waals surface area (Å²) >= 11 is 1.35. The predicted molar refractivity (Wildman–Crippen MR) is 136 cm³/mol. The number of aryl methyl sites for hydroxylation is 2. The van der Waals surface area contributed by atoms with E-state index in [2.05, 4.69) is 10.3 Å². The third kappa shape index (κ3) is 4.89. The van der Waals surface area contributed by atoms with Crippen LogP contribution in [0.1, 0.15) is 27.9 Å². The molecule has 1 amide bonds. The van der Waals surface area contributed by atoms with E-state index < -0.39 is 0 Å². The van der Waals surface area contributed by atoms with E-state index in [-0.39, 0.29) is 18.3 Å². The Hall–Kier alpha value is -3.75. The Kier molecular flexibility index (Phi) is 6.48. The second-order valence-electron chi connectivity index (χ2n) is 8.32. The van der Waals surface area contributed by atoms with Gasteiger partial charge in [0.05, 0.1) is 23.6 Å². The van der Waals surface area contributed by atoms with Crippen molar-refractivity contribution >= 4 is 23.4 Å². The van der Waals surface area contributed by atoms with E-state index in [1.54, 1.807) is 6.20 Å². The zero-order chi connectivity index (χ0) is 24.4. The highest BCUT2D eigenvalue weighted by Gasteiger charge is 2.28. The third-order valence-electron chi connectivity index (χ3n) is 5.77. The average Bonchev–Trinajstić information content (AvgIpc) is 2.87.